The summed E-state index contributed by atoms with van der Waals surface area (Å²) in [5.74, 6) is 0.0522. The highest BCUT2D eigenvalue weighted by molar-refractivity contribution is 5.71. The van der Waals surface area contributed by atoms with Crippen LogP contribution in [0.5, 0.6) is 5.88 Å². The van der Waals surface area contributed by atoms with E-state index in [0.29, 0.717) is 16.8 Å². The molecule has 6 heteroatoms. The van der Waals surface area contributed by atoms with Gasteiger partial charge in [-0.15, -0.1) is 0 Å². The van der Waals surface area contributed by atoms with Crippen molar-refractivity contribution in [3.63, 3.8) is 0 Å². The van der Waals surface area contributed by atoms with Crippen LogP contribution in [0.4, 0.5) is 5.69 Å². The first-order valence-electron chi connectivity index (χ1n) is 4.98. The Labute approximate surface area is 97.3 Å². The van der Waals surface area contributed by atoms with E-state index in [1.807, 2.05) is 0 Å². The lowest BCUT2D eigenvalue weighted by Gasteiger charge is -2.00. The molecule has 17 heavy (non-hydrogen) atoms. The Morgan fingerprint density at radius 1 is 1.35 bits per heavy atom. The highest BCUT2D eigenvalue weighted by Gasteiger charge is 2.15. The molecule has 0 fully saturated rings. The lowest BCUT2D eigenvalue weighted by atomic mass is 10.1. The molecule has 0 aliphatic heterocycles. The Morgan fingerprint density at radius 2 is 1.94 bits per heavy atom. The average molecular weight is 233 g/mol. The maximum absolute atomic E-state index is 10.5. The summed E-state index contributed by atoms with van der Waals surface area (Å²) in [6.45, 7) is 1.77. The summed E-state index contributed by atoms with van der Waals surface area (Å²) in [6, 6.07) is 6.01. The fraction of sp³-hybridized carbons (Fsp3) is 0.182. The molecular weight excluding hydrogens is 222 g/mol. The van der Waals surface area contributed by atoms with E-state index in [1.165, 1.54) is 16.8 Å². The lowest BCUT2D eigenvalue weighted by Crippen LogP contribution is -1.88. The minimum Gasteiger partial charge on any atom is -0.493 e. The number of aryl methyl sites for hydroxylation is 2. The third-order valence-corrected chi connectivity index (χ3v) is 2.56. The van der Waals surface area contributed by atoms with Crippen molar-refractivity contribution in [3.05, 3.63) is 40.1 Å². The second-order valence-corrected chi connectivity index (χ2v) is 3.71. The van der Waals surface area contributed by atoms with Crippen LogP contribution in [-0.2, 0) is 7.05 Å². The van der Waals surface area contributed by atoms with E-state index in [-0.39, 0.29) is 11.6 Å². The van der Waals surface area contributed by atoms with E-state index in [4.69, 9.17) is 0 Å². The van der Waals surface area contributed by atoms with Gasteiger partial charge >= 0.3 is 0 Å². The molecule has 2 rings (SSSR count). The van der Waals surface area contributed by atoms with Gasteiger partial charge in [0, 0.05) is 19.2 Å². The van der Waals surface area contributed by atoms with Gasteiger partial charge in [0.25, 0.3) is 5.69 Å². The maximum Gasteiger partial charge on any atom is 0.269 e. The molecule has 88 valence electrons. The summed E-state index contributed by atoms with van der Waals surface area (Å²) in [7, 11) is 1.64. The number of aromatic nitrogens is 2. The number of hydrogen-bond donors (Lipinski definition) is 1. The van der Waals surface area contributed by atoms with E-state index in [9.17, 15) is 15.2 Å². The second-order valence-electron chi connectivity index (χ2n) is 3.71. The quantitative estimate of drug-likeness (QED) is 0.635. The number of benzene rings is 1. The van der Waals surface area contributed by atoms with E-state index >= 15 is 0 Å². The van der Waals surface area contributed by atoms with Gasteiger partial charge in [0.2, 0.25) is 5.88 Å². The molecule has 1 aromatic carbocycles. The highest BCUT2D eigenvalue weighted by atomic mass is 16.6. The summed E-state index contributed by atoms with van der Waals surface area (Å²) in [4.78, 5) is 10.1. The molecule has 6 nitrogen and oxygen atoms in total. The van der Waals surface area contributed by atoms with Gasteiger partial charge in [-0.05, 0) is 24.6 Å². The summed E-state index contributed by atoms with van der Waals surface area (Å²) < 4.78 is 1.37. The van der Waals surface area contributed by atoms with Crippen LogP contribution in [0.15, 0.2) is 24.3 Å². The fourth-order valence-electron chi connectivity index (χ4n) is 1.73. The monoisotopic (exact) mass is 233 g/mol. The standard InChI is InChI=1S/C11H11N3O3/c1-7-10(11(15)13(2)12-7)8-3-5-9(6-4-8)14(16)17/h3-6,15H,1-2H3. The second kappa shape index (κ2) is 3.89. The van der Waals surface area contributed by atoms with Crippen LogP contribution >= 0.6 is 0 Å². The van der Waals surface area contributed by atoms with E-state index in [1.54, 1.807) is 26.1 Å². The fourth-order valence-corrected chi connectivity index (χ4v) is 1.73. The topological polar surface area (TPSA) is 81.2 Å². The Morgan fingerprint density at radius 3 is 2.35 bits per heavy atom. The van der Waals surface area contributed by atoms with Crippen LogP contribution in [0.3, 0.4) is 0 Å². The molecule has 0 saturated heterocycles. The van der Waals surface area contributed by atoms with Gasteiger partial charge in [0.15, 0.2) is 0 Å². The first-order valence-corrected chi connectivity index (χ1v) is 4.98. The van der Waals surface area contributed by atoms with Crippen LogP contribution in [-0.4, -0.2) is 19.8 Å². The third-order valence-electron chi connectivity index (χ3n) is 2.56. The van der Waals surface area contributed by atoms with Gasteiger partial charge in [0.1, 0.15) is 0 Å². The lowest BCUT2D eigenvalue weighted by molar-refractivity contribution is -0.384. The number of nitrogens with zero attached hydrogens (tertiary/aromatic N) is 3. The SMILES string of the molecule is Cc1nn(C)c(O)c1-c1ccc([N+](=O)[O-])cc1. The number of nitro groups is 1. The van der Waals surface area contributed by atoms with Crippen molar-refractivity contribution < 1.29 is 10.0 Å². The average Bonchev–Trinajstić information content (AvgIpc) is 2.53. The minimum atomic E-state index is -0.459. The number of non-ortho nitro benzene ring substituents is 1. The Bertz CT molecular complexity index is 572. The van der Waals surface area contributed by atoms with Crippen molar-refractivity contribution in [2.75, 3.05) is 0 Å². The third kappa shape index (κ3) is 1.84. The summed E-state index contributed by atoms with van der Waals surface area (Å²) in [5, 5.41) is 24.4. The molecule has 0 atom stereocenters. The molecule has 0 unspecified atom stereocenters. The molecule has 0 aliphatic carbocycles. The minimum absolute atomic E-state index is 0.0229. The zero-order chi connectivity index (χ0) is 12.6. The van der Waals surface area contributed by atoms with E-state index in [2.05, 4.69) is 5.10 Å². The molecule has 1 aromatic heterocycles. The van der Waals surface area contributed by atoms with Gasteiger partial charge in [-0.25, -0.2) is 4.68 Å². The Balaban J connectivity index is 2.50. The highest BCUT2D eigenvalue weighted by Crippen LogP contribution is 2.32. The predicted molar refractivity (Wildman–Crippen MR) is 61.7 cm³/mol. The van der Waals surface area contributed by atoms with Gasteiger partial charge < -0.3 is 5.11 Å². The van der Waals surface area contributed by atoms with Crippen LogP contribution in [0, 0.1) is 17.0 Å². The van der Waals surface area contributed by atoms with Crippen LogP contribution in [0.1, 0.15) is 5.69 Å². The zero-order valence-corrected chi connectivity index (χ0v) is 9.41. The maximum atomic E-state index is 10.5. The van der Waals surface area contributed by atoms with Crippen LogP contribution < -0.4 is 0 Å². The molecule has 0 saturated carbocycles. The zero-order valence-electron chi connectivity index (χ0n) is 9.41. The molecule has 0 radical (unpaired) electrons. The molecule has 0 amide bonds. The van der Waals surface area contributed by atoms with E-state index in [0.717, 1.165) is 0 Å². The molecule has 0 spiro atoms. The van der Waals surface area contributed by atoms with Crippen molar-refractivity contribution in [2.45, 2.75) is 6.92 Å². The normalized spacial score (nSPS) is 10.5. The Kier molecular flexibility index (Phi) is 2.55. The number of hydrogen-bond acceptors (Lipinski definition) is 4. The molecule has 1 N–H and O–H groups in total. The van der Waals surface area contributed by atoms with Crippen molar-refractivity contribution in [1.82, 2.24) is 9.78 Å². The van der Waals surface area contributed by atoms with Gasteiger partial charge in [0.05, 0.1) is 16.2 Å². The van der Waals surface area contributed by atoms with Crippen molar-refractivity contribution in [1.29, 1.82) is 0 Å². The van der Waals surface area contributed by atoms with Crippen LogP contribution in [0.2, 0.25) is 0 Å². The van der Waals surface area contributed by atoms with Gasteiger partial charge in [-0.1, -0.05) is 0 Å². The number of aromatic hydroxyl groups is 1. The molecule has 2 aromatic rings. The van der Waals surface area contributed by atoms with Crippen LogP contribution in [0.25, 0.3) is 11.1 Å². The summed E-state index contributed by atoms with van der Waals surface area (Å²) >= 11 is 0. The number of nitro benzene ring substituents is 1. The predicted octanol–water partition coefficient (Wildman–Crippen LogP) is 2.01. The molecule has 0 aliphatic rings. The van der Waals surface area contributed by atoms with Crippen molar-refractivity contribution in [2.24, 2.45) is 7.05 Å². The first kappa shape index (κ1) is 11.1. The van der Waals surface area contributed by atoms with Gasteiger partial charge in [-0.3, -0.25) is 10.1 Å². The molecule has 0 bridgehead atoms. The smallest absolute Gasteiger partial charge is 0.269 e. The summed E-state index contributed by atoms with van der Waals surface area (Å²) in [6.07, 6.45) is 0. The Hall–Kier alpha value is -2.37. The molecule has 1 heterocycles. The van der Waals surface area contributed by atoms with Crippen molar-refractivity contribution >= 4 is 5.69 Å². The van der Waals surface area contributed by atoms with Crippen molar-refractivity contribution in [3.8, 4) is 17.0 Å². The largest absolute Gasteiger partial charge is 0.493 e. The van der Waals surface area contributed by atoms with Gasteiger partial charge in [-0.2, -0.15) is 5.10 Å². The number of rotatable bonds is 2. The summed E-state index contributed by atoms with van der Waals surface area (Å²) in [5.41, 5.74) is 2.01. The molecular formula is C11H11N3O3. The van der Waals surface area contributed by atoms with E-state index < -0.39 is 4.92 Å². The first-order chi connectivity index (χ1) is 8.00.